The average Bonchev–Trinajstić information content (AvgIpc) is 2.96. The molecule has 5 aromatic rings. The third kappa shape index (κ3) is 5.17. The Morgan fingerprint density at radius 2 is 1.66 bits per heavy atom. The highest BCUT2D eigenvalue weighted by molar-refractivity contribution is 5.98. The number of carbonyl (C=O) groups excluding carboxylic acids is 1. The minimum atomic E-state index is -0.102. The van der Waals surface area contributed by atoms with Crippen molar-refractivity contribution in [3.8, 4) is 28.4 Å². The number of carbonyl (C=O) groups is 1. The Labute approximate surface area is 221 Å². The lowest BCUT2D eigenvalue weighted by Crippen LogP contribution is -2.38. The van der Waals surface area contributed by atoms with E-state index in [-0.39, 0.29) is 13.9 Å². The first kappa shape index (κ1) is 23.2. The van der Waals surface area contributed by atoms with Crippen LogP contribution in [0.5, 0.6) is 17.2 Å². The zero-order valence-corrected chi connectivity index (χ0v) is 20.5. The molecule has 188 valence electrons. The van der Waals surface area contributed by atoms with Crippen molar-refractivity contribution in [2.24, 2.45) is 0 Å². The Morgan fingerprint density at radius 3 is 2.53 bits per heavy atom. The van der Waals surface area contributed by atoms with Crippen LogP contribution in [0.4, 0.5) is 17.2 Å². The number of benzene rings is 3. The Bertz CT molecular complexity index is 1580. The van der Waals surface area contributed by atoms with E-state index in [0.717, 1.165) is 39.7 Å². The third-order valence-corrected chi connectivity index (χ3v) is 6.13. The number of para-hydroxylation sites is 1. The van der Waals surface area contributed by atoms with E-state index in [0.29, 0.717) is 18.1 Å². The zero-order chi connectivity index (χ0) is 25.7. The highest BCUT2D eigenvalue weighted by Gasteiger charge is 2.26. The van der Waals surface area contributed by atoms with Crippen molar-refractivity contribution in [3.63, 3.8) is 0 Å². The molecule has 0 saturated carbocycles. The number of nitrogens with zero attached hydrogens (tertiary/aromatic N) is 3. The van der Waals surface area contributed by atoms with Crippen molar-refractivity contribution in [2.45, 2.75) is 6.54 Å². The van der Waals surface area contributed by atoms with Crippen LogP contribution in [0.3, 0.4) is 0 Å². The van der Waals surface area contributed by atoms with Crippen LogP contribution in [0.1, 0.15) is 7.12 Å². The molecule has 2 aromatic heterocycles. The zero-order valence-electron chi connectivity index (χ0n) is 20.5. The van der Waals surface area contributed by atoms with Crippen molar-refractivity contribution >= 4 is 23.1 Å². The van der Waals surface area contributed by atoms with Gasteiger partial charge in [-0.25, -0.2) is 4.98 Å². The fourth-order valence-corrected chi connectivity index (χ4v) is 4.30. The molecule has 0 bridgehead atoms. The molecule has 38 heavy (non-hydrogen) atoms. The second-order valence-corrected chi connectivity index (χ2v) is 8.77. The minimum Gasteiger partial charge on any atom is -0.482 e. The molecule has 1 amide bonds. The van der Waals surface area contributed by atoms with E-state index in [1.54, 1.807) is 17.3 Å². The summed E-state index contributed by atoms with van der Waals surface area (Å²) in [4.78, 5) is 23.4. The highest BCUT2D eigenvalue weighted by atomic mass is 16.5. The van der Waals surface area contributed by atoms with Crippen LogP contribution in [0.2, 0.25) is 0 Å². The summed E-state index contributed by atoms with van der Waals surface area (Å²) in [6, 6.07) is 32.9. The number of pyridine rings is 2. The number of anilines is 3. The van der Waals surface area contributed by atoms with Crippen LogP contribution >= 0.6 is 0 Å². The molecule has 3 aromatic carbocycles. The van der Waals surface area contributed by atoms with Gasteiger partial charge in [-0.3, -0.25) is 14.7 Å². The molecule has 0 radical (unpaired) electrons. The molecule has 0 atom stereocenters. The molecule has 0 spiro atoms. The highest BCUT2D eigenvalue weighted by Crippen LogP contribution is 2.37. The van der Waals surface area contributed by atoms with E-state index in [9.17, 15) is 4.79 Å². The monoisotopic (exact) mass is 502 g/mol. The summed E-state index contributed by atoms with van der Waals surface area (Å²) in [6.07, 6.45) is 3.49. The molecule has 6 rings (SSSR count). The molecule has 1 aliphatic heterocycles. The van der Waals surface area contributed by atoms with Gasteiger partial charge in [0.15, 0.2) is 6.61 Å². The van der Waals surface area contributed by atoms with Gasteiger partial charge in [0.25, 0.3) is 5.91 Å². The van der Waals surface area contributed by atoms with Crippen molar-refractivity contribution in [2.75, 3.05) is 16.8 Å². The lowest BCUT2D eigenvalue weighted by molar-refractivity contribution is -0.121. The maximum atomic E-state index is 12.8. The topological polar surface area (TPSA) is 76.6 Å². The van der Waals surface area contributed by atoms with Gasteiger partial charge in [-0.2, -0.15) is 0 Å². The number of aromatic nitrogens is 2. The van der Waals surface area contributed by atoms with E-state index in [2.05, 4.69) is 15.3 Å². The fraction of sp³-hybridized carbons (Fsp3) is 0.0645. The summed E-state index contributed by atoms with van der Waals surface area (Å²) in [6.45, 7) is 0.388. The summed E-state index contributed by atoms with van der Waals surface area (Å²) < 4.78 is 11.7. The molecule has 0 aliphatic carbocycles. The quantitative estimate of drug-likeness (QED) is 0.262. The summed E-state index contributed by atoms with van der Waals surface area (Å²) in [5.41, 5.74) is 4.29. The largest absolute Gasteiger partial charge is 0.482 e. The average molecular weight is 503 g/mol. The summed E-state index contributed by atoms with van der Waals surface area (Å²) >= 11 is 0. The van der Waals surface area contributed by atoms with Gasteiger partial charge in [0.05, 0.1) is 17.9 Å². The van der Waals surface area contributed by atoms with Gasteiger partial charge in [0.1, 0.15) is 23.1 Å². The summed E-state index contributed by atoms with van der Waals surface area (Å²) in [5.74, 6) is 2.76. The van der Waals surface area contributed by atoms with Crippen molar-refractivity contribution in [1.82, 2.24) is 9.97 Å². The summed E-state index contributed by atoms with van der Waals surface area (Å²) in [5, 5.41) is 3.36. The smallest absolute Gasteiger partial charge is 0.265 e. The maximum absolute atomic E-state index is 12.8. The predicted molar refractivity (Wildman–Crippen MR) is 149 cm³/mol. The molecule has 1 N–H and O–H groups in total. The Hall–Kier alpha value is -5.17. The van der Waals surface area contributed by atoms with E-state index < -0.39 is 0 Å². The van der Waals surface area contributed by atoms with E-state index >= 15 is 0 Å². The number of amides is 1. The number of rotatable bonds is 7. The first-order valence-electron chi connectivity index (χ1n) is 12.2. The van der Waals surface area contributed by atoms with Gasteiger partial charge >= 0.3 is 0 Å². The first-order chi connectivity index (χ1) is 18.7. The van der Waals surface area contributed by atoms with E-state index in [1.807, 2.05) is 103 Å². The van der Waals surface area contributed by atoms with Gasteiger partial charge in [0.2, 0.25) is 0 Å². The van der Waals surface area contributed by atoms with Crippen LogP contribution < -0.4 is 19.7 Å². The maximum Gasteiger partial charge on any atom is 0.265 e. The molecular weight excluding hydrogens is 476 g/mol. The number of ether oxygens (including phenoxy) is 2. The van der Waals surface area contributed by atoms with Crippen molar-refractivity contribution in [3.05, 3.63) is 121 Å². The van der Waals surface area contributed by atoms with E-state index in [1.165, 1.54) is 0 Å². The second kappa shape index (κ2) is 10.4. The van der Waals surface area contributed by atoms with Gasteiger partial charge in [-0.15, -0.1) is 0 Å². The molecule has 1 aliphatic rings. The lowest BCUT2D eigenvalue weighted by Gasteiger charge is -2.29. The van der Waals surface area contributed by atoms with Crippen molar-refractivity contribution < 1.29 is 15.7 Å². The Balaban J connectivity index is 0.00000308. The van der Waals surface area contributed by atoms with Crippen LogP contribution in [-0.4, -0.2) is 22.5 Å². The van der Waals surface area contributed by atoms with Crippen LogP contribution in [0.15, 0.2) is 116 Å². The number of nitrogens with one attached hydrogen (secondary N) is 1. The molecule has 7 heteroatoms. The molecule has 7 nitrogen and oxygen atoms in total. The third-order valence-electron chi connectivity index (χ3n) is 6.13. The molecule has 0 unspecified atom stereocenters. The predicted octanol–water partition coefficient (Wildman–Crippen LogP) is 6.85. The lowest BCUT2D eigenvalue weighted by atomic mass is 10.0. The Morgan fingerprint density at radius 1 is 0.816 bits per heavy atom. The number of hydrogen-bond acceptors (Lipinski definition) is 6. The van der Waals surface area contributed by atoms with Gasteiger partial charge < -0.3 is 14.8 Å². The number of hydrogen-bond donors (Lipinski definition) is 1. The van der Waals surface area contributed by atoms with Gasteiger partial charge in [-0.1, -0.05) is 36.4 Å². The SMILES string of the molecule is O=C1COc2ccc(-c3ccnc(Nc4cccc(Oc5ccccc5)c4)c3)cc2N1Cc1ccccn1.[HH]. The first-order valence-corrected chi connectivity index (χ1v) is 12.2. The molecule has 3 heterocycles. The molecular formula is C31H26N4O3. The fourth-order valence-electron chi connectivity index (χ4n) is 4.30. The number of fused-ring (bicyclic) bond motifs is 1. The standard InChI is InChI=1S/C31H24N4O3.H2/c36-31-21-37-29-13-12-22(17-28(29)35(31)20-25-7-4-5-15-32-25)23-14-16-33-30(18-23)34-24-8-6-11-27(19-24)38-26-9-2-1-3-10-26;/h1-19H,20-21H2,(H,33,34);1H. The molecule has 0 saturated heterocycles. The van der Waals surface area contributed by atoms with Gasteiger partial charge in [0, 0.05) is 25.6 Å². The van der Waals surface area contributed by atoms with E-state index in [4.69, 9.17) is 9.47 Å². The van der Waals surface area contributed by atoms with Crippen LogP contribution in [-0.2, 0) is 11.3 Å². The van der Waals surface area contributed by atoms with Gasteiger partial charge in [-0.05, 0) is 71.8 Å². The summed E-state index contributed by atoms with van der Waals surface area (Å²) in [7, 11) is 0. The molecule has 0 fully saturated rings. The normalized spacial score (nSPS) is 12.4. The van der Waals surface area contributed by atoms with Crippen molar-refractivity contribution in [1.29, 1.82) is 0 Å². The minimum absolute atomic E-state index is 0. The second-order valence-electron chi connectivity index (χ2n) is 8.77. The Kier molecular flexibility index (Phi) is 6.39. The van der Waals surface area contributed by atoms with Crippen LogP contribution in [0.25, 0.3) is 11.1 Å². The van der Waals surface area contributed by atoms with Crippen LogP contribution in [0, 0.1) is 0 Å².